The van der Waals surface area contributed by atoms with E-state index >= 15 is 0 Å². The average Bonchev–Trinajstić information content (AvgIpc) is 2.22. The van der Waals surface area contributed by atoms with Crippen molar-refractivity contribution in [3.63, 3.8) is 0 Å². The second-order valence-electron chi connectivity index (χ2n) is 3.43. The molecule has 2 aromatic rings. The molecule has 82 valence electrons. The molecule has 0 bridgehead atoms. The predicted molar refractivity (Wildman–Crippen MR) is 56.1 cm³/mol. The number of aromatic nitrogens is 1. The summed E-state index contributed by atoms with van der Waals surface area (Å²) in [5.41, 5.74) is -0.365. The molecule has 2 rings (SSSR count). The van der Waals surface area contributed by atoms with Crippen LogP contribution in [0.2, 0.25) is 0 Å². The van der Waals surface area contributed by atoms with Crippen LogP contribution < -0.4 is 5.56 Å². The van der Waals surface area contributed by atoms with Gasteiger partial charge in [-0.25, -0.2) is 9.18 Å². The topological polar surface area (TPSA) is 59.3 Å². The summed E-state index contributed by atoms with van der Waals surface area (Å²) in [5.74, 6) is -1.91. The quantitative estimate of drug-likeness (QED) is 0.791. The number of fused-ring (bicyclic) bond motifs is 1. The number of aromatic carboxylic acids is 1. The summed E-state index contributed by atoms with van der Waals surface area (Å²) in [5, 5.41) is 9.15. The van der Waals surface area contributed by atoms with Crippen LogP contribution in [0.3, 0.4) is 0 Å². The summed E-state index contributed by atoms with van der Waals surface area (Å²) < 4.78 is 14.8. The molecular formula is C11H8FNO3. The van der Waals surface area contributed by atoms with Gasteiger partial charge in [0.2, 0.25) is 0 Å². The van der Waals surface area contributed by atoms with Crippen molar-refractivity contribution in [2.24, 2.45) is 7.05 Å². The fourth-order valence-corrected chi connectivity index (χ4v) is 1.61. The van der Waals surface area contributed by atoms with E-state index in [1.807, 2.05) is 0 Å². The highest BCUT2D eigenvalue weighted by molar-refractivity contribution is 5.93. The van der Waals surface area contributed by atoms with Crippen molar-refractivity contribution in [2.45, 2.75) is 0 Å². The summed E-state index contributed by atoms with van der Waals surface area (Å²) in [4.78, 5) is 22.0. The smallest absolute Gasteiger partial charge is 0.335 e. The third kappa shape index (κ3) is 1.46. The Labute approximate surface area is 89.6 Å². The fourth-order valence-electron chi connectivity index (χ4n) is 1.61. The highest BCUT2D eigenvalue weighted by atomic mass is 19.1. The first-order chi connectivity index (χ1) is 7.50. The number of hydrogen-bond donors (Lipinski definition) is 1. The number of nitrogens with zero attached hydrogens (tertiary/aromatic N) is 1. The van der Waals surface area contributed by atoms with E-state index in [1.165, 1.54) is 25.2 Å². The van der Waals surface area contributed by atoms with E-state index < -0.39 is 11.8 Å². The molecule has 0 spiro atoms. The lowest BCUT2D eigenvalue weighted by atomic mass is 10.1. The number of rotatable bonds is 1. The molecule has 0 radical (unpaired) electrons. The predicted octanol–water partition coefficient (Wildman–Crippen LogP) is 1.38. The van der Waals surface area contributed by atoms with E-state index in [-0.39, 0.29) is 16.6 Å². The summed E-state index contributed by atoms with van der Waals surface area (Å²) >= 11 is 0. The second-order valence-corrected chi connectivity index (χ2v) is 3.43. The second kappa shape index (κ2) is 3.44. The van der Waals surface area contributed by atoms with Gasteiger partial charge < -0.3 is 9.67 Å². The maximum absolute atomic E-state index is 13.6. The molecule has 1 aromatic carbocycles. The number of hydrogen-bond acceptors (Lipinski definition) is 2. The van der Waals surface area contributed by atoms with Gasteiger partial charge in [-0.15, -0.1) is 0 Å². The molecule has 0 amide bonds. The fraction of sp³-hybridized carbons (Fsp3) is 0.0909. The summed E-state index contributed by atoms with van der Waals surface area (Å²) in [6.07, 6.45) is 0. The van der Waals surface area contributed by atoms with Gasteiger partial charge in [0.25, 0.3) is 5.56 Å². The Morgan fingerprint density at radius 1 is 1.38 bits per heavy atom. The van der Waals surface area contributed by atoms with Gasteiger partial charge in [-0.3, -0.25) is 4.79 Å². The van der Waals surface area contributed by atoms with E-state index in [4.69, 9.17) is 5.11 Å². The molecule has 0 unspecified atom stereocenters. The Hall–Kier alpha value is -2.17. The maximum atomic E-state index is 13.6. The van der Waals surface area contributed by atoms with E-state index in [1.54, 1.807) is 0 Å². The lowest BCUT2D eigenvalue weighted by Gasteiger charge is -2.06. The van der Waals surface area contributed by atoms with Crippen LogP contribution in [0.25, 0.3) is 10.9 Å². The highest BCUT2D eigenvalue weighted by Crippen LogP contribution is 2.18. The van der Waals surface area contributed by atoms with Crippen LogP contribution in [-0.2, 0) is 7.05 Å². The maximum Gasteiger partial charge on any atom is 0.335 e. The Bertz CT molecular complexity index is 645. The van der Waals surface area contributed by atoms with Gasteiger partial charge in [0, 0.05) is 18.5 Å². The van der Waals surface area contributed by atoms with E-state index in [2.05, 4.69) is 0 Å². The highest BCUT2D eigenvalue weighted by Gasteiger charge is 2.11. The molecule has 0 aliphatic heterocycles. The Morgan fingerprint density at radius 2 is 2.06 bits per heavy atom. The van der Waals surface area contributed by atoms with Crippen LogP contribution in [0.5, 0.6) is 0 Å². The van der Waals surface area contributed by atoms with Crippen LogP contribution in [0, 0.1) is 5.82 Å². The van der Waals surface area contributed by atoms with Gasteiger partial charge in [0.05, 0.1) is 11.1 Å². The Balaban J connectivity index is 2.92. The van der Waals surface area contributed by atoms with Crippen LogP contribution in [0.1, 0.15) is 10.4 Å². The zero-order chi connectivity index (χ0) is 11.9. The summed E-state index contributed by atoms with van der Waals surface area (Å²) in [6.45, 7) is 0. The van der Waals surface area contributed by atoms with E-state index in [0.717, 1.165) is 10.6 Å². The number of carboxylic acids is 1. The monoisotopic (exact) mass is 221 g/mol. The first-order valence-corrected chi connectivity index (χ1v) is 4.53. The third-order valence-electron chi connectivity index (χ3n) is 2.41. The normalized spacial score (nSPS) is 10.6. The Morgan fingerprint density at radius 3 is 2.69 bits per heavy atom. The molecule has 0 atom stereocenters. The number of carbonyl (C=O) groups is 1. The SMILES string of the molecule is Cn1c(=O)ccc2cc(C(=O)O)cc(F)c21. The van der Waals surface area contributed by atoms with Crippen molar-refractivity contribution in [2.75, 3.05) is 0 Å². The molecule has 16 heavy (non-hydrogen) atoms. The van der Waals surface area contributed by atoms with Gasteiger partial charge >= 0.3 is 5.97 Å². The van der Waals surface area contributed by atoms with Crippen LogP contribution in [-0.4, -0.2) is 15.6 Å². The molecule has 0 fully saturated rings. The molecule has 1 aromatic heterocycles. The number of aryl methyl sites for hydroxylation is 1. The number of benzene rings is 1. The molecule has 0 aliphatic rings. The first-order valence-electron chi connectivity index (χ1n) is 4.53. The zero-order valence-corrected chi connectivity index (χ0v) is 8.40. The minimum absolute atomic E-state index is 0.109. The van der Waals surface area contributed by atoms with Crippen LogP contribution in [0.15, 0.2) is 29.1 Å². The van der Waals surface area contributed by atoms with Crippen molar-refractivity contribution in [3.8, 4) is 0 Å². The molecular weight excluding hydrogens is 213 g/mol. The first kappa shape index (κ1) is 10.4. The summed E-state index contributed by atoms with van der Waals surface area (Å²) in [7, 11) is 1.44. The molecule has 4 nitrogen and oxygen atoms in total. The number of halogens is 1. The van der Waals surface area contributed by atoms with Gasteiger partial charge in [0.1, 0.15) is 5.82 Å². The lowest BCUT2D eigenvalue weighted by Crippen LogP contribution is -2.16. The standard InChI is InChI=1S/C11H8FNO3/c1-13-9(14)3-2-6-4-7(11(15)16)5-8(12)10(6)13/h2-5H,1H3,(H,15,16). The third-order valence-corrected chi connectivity index (χ3v) is 2.41. The van der Waals surface area contributed by atoms with Crippen molar-refractivity contribution in [1.29, 1.82) is 0 Å². The van der Waals surface area contributed by atoms with Crippen molar-refractivity contribution < 1.29 is 14.3 Å². The summed E-state index contributed by atoms with van der Waals surface area (Å²) in [6, 6.07) is 4.92. The van der Waals surface area contributed by atoms with Crippen molar-refractivity contribution in [1.82, 2.24) is 4.57 Å². The van der Waals surface area contributed by atoms with Crippen molar-refractivity contribution in [3.05, 3.63) is 46.0 Å². The van der Waals surface area contributed by atoms with Crippen LogP contribution in [0.4, 0.5) is 4.39 Å². The molecule has 0 saturated heterocycles. The molecule has 5 heteroatoms. The number of carboxylic acid groups (broad SMARTS) is 1. The van der Waals surface area contributed by atoms with E-state index in [9.17, 15) is 14.0 Å². The minimum atomic E-state index is -1.20. The Kier molecular flexibility index (Phi) is 2.23. The van der Waals surface area contributed by atoms with Gasteiger partial charge in [-0.1, -0.05) is 0 Å². The molecule has 1 N–H and O–H groups in total. The van der Waals surface area contributed by atoms with Gasteiger partial charge in [-0.05, 0) is 18.2 Å². The molecule has 0 saturated carbocycles. The minimum Gasteiger partial charge on any atom is -0.478 e. The number of pyridine rings is 1. The van der Waals surface area contributed by atoms with Gasteiger partial charge in [-0.2, -0.15) is 0 Å². The largest absolute Gasteiger partial charge is 0.478 e. The average molecular weight is 221 g/mol. The molecule has 0 aliphatic carbocycles. The van der Waals surface area contributed by atoms with Crippen LogP contribution >= 0.6 is 0 Å². The molecule has 1 heterocycles. The van der Waals surface area contributed by atoms with Crippen molar-refractivity contribution >= 4 is 16.9 Å². The van der Waals surface area contributed by atoms with Gasteiger partial charge in [0.15, 0.2) is 0 Å². The lowest BCUT2D eigenvalue weighted by molar-refractivity contribution is 0.0696. The zero-order valence-electron chi connectivity index (χ0n) is 8.40. The van der Waals surface area contributed by atoms with E-state index in [0.29, 0.717) is 5.39 Å².